The van der Waals surface area contributed by atoms with Crippen molar-refractivity contribution in [2.45, 2.75) is 76.7 Å². The van der Waals surface area contributed by atoms with E-state index in [1.165, 1.54) is 0 Å². The van der Waals surface area contributed by atoms with Crippen molar-refractivity contribution >= 4 is 41.7 Å². The number of nitrogens with zero attached hydrogens (tertiary/aromatic N) is 2. The first-order chi connectivity index (χ1) is 20.8. The highest BCUT2D eigenvalue weighted by atomic mass is 16.5. The van der Waals surface area contributed by atoms with Crippen molar-refractivity contribution in [1.29, 1.82) is 0 Å². The Kier molecular flexibility index (Phi) is 13.9. The van der Waals surface area contributed by atoms with Crippen LogP contribution in [0.1, 0.15) is 51.5 Å². The first kappa shape index (κ1) is 35.3. The average molecular weight is 620 g/mol. The van der Waals surface area contributed by atoms with Gasteiger partial charge in [-0.3, -0.25) is 24.2 Å². The number of carbonyl (C=O) groups is 6. The number of aliphatic imine (C=N–C) groups is 1. The lowest BCUT2D eigenvalue weighted by Crippen LogP contribution is -2.55. The van der Waals surface area contributed by atoms with E-state index < -0.39 is 66.3 Å². The Labute approximate surface area is 254 Å². The predicted molar refractivity (Wildman–Crippen MR) is 157 cm³/mol. The minimum absolute atomic E-state index is 0.0432. The number of aliphatic carboxylic acids is 2. The maximum Gasteiger partial charge on any atom is 0.408 e. The zero-order chi connectivity index (χ0) is 32.8. The summed E-state index contributed by atoms with van der Waals surface area (Å²) in [5.74, 6) is -5.26. The number of nitrogens with two attached hydrogens (primary N) is 2. The number of carbonyl (C=O) groups excluding carboxylic acids is 4. The zero-order valence-corrected chi connectivity index (χ0v) is 24.7. The zero-order valence-electron chi connectivity index (χ0n) is 24.7. The van der Waals surface area contributed by atoms with Crippen LogP contribution in [0.25, 0.3) is 0 Å². The van der Waals surface area contributed by atoms with Crippen LogP contribution in [-0.4, -0.2) is 94.1 Å². The Hall–Kier alpha value is -4.89. The number of hydrogen-bond donors (Lipinski definition) is 7. The molecule has 0 radical (unpaired) electrons. The predicted octanol–water partition coefficient (Wildman–Crippen LogP) is -0.489. The van der Waals surface area contributed by atoms with Gasteiger partial charge in [-0.05, 0) is 37.2 Å². The van der Waals surface area contributed by atoms with Gasteiger partial charge < -0.3 is 47.3 Å². The smallest absolute Gasteiger partial charge is 0.408 e. The molecule has 1 aromatic rings. The van der Waals surface area contributed by atoms with E-state index in [0.717, 1.165) is 10.5 Å². The average Bonchev–Trinajstić information content (AvgIpc) is 3.30. The molecule has 242 valence electrons. The second-order valence-corrected chi connectivity index (χ2v) is 10.7. The fraction of sp³-hybridized carbons (Fsp3) is 0.536. The van der Waals surface area contributed by atoms with Crippen LogP contribution >= 0.6 is 0 Å². The number of benzene rings is 1. The fourth-order valence-electron chi connectivity index (χ4n) is 4.57. The van der Waals surface area contributed by atoms with Crippen molar-refractivity contribution in [3.63, 3.8) is 0 Å². The van der Waals surface area contributed by atoms with Crippen molar-refractivity contribution in [2.75, 3.05) is 13.1 Å². The summed E-state index contributed by atoms with van der Waals surface area (Å²) in [6.07, 6.45) is -1.12. The Morgan fingerprint density at radius 1 is 1.05 bits per heavy atom. The Morgan fingerprint density at radius 2 is 1.73 bits per heavy atom. The van der Waals surface area contributed by atoms with E-state index in [1.807, 2.05) is 6.07 Å². The molecular weight excluding hydrogens is 578 g/mol. The molecule has 1 aliphatic rings. The number of carboxylic acid groups (broad SMARTS) is 2. The topological polar surface area (TPSA) is 256 Å². The Morgan fingerprint density at radius 3 is 2.32 bits per heavy atom. The quantitative estimate of drug-likeness (QED) is 0.0665. The van der Waals surface area contributed by atoms with Gasteiger partial charge in [0.05, 0.1) is 6.42 Å². The maximum atomic E-state index is 13.3. The van der Waals surface area contributed by atoms with E-state index in [0.29, 0.717) is 6.42 Å². The summed E-state index contributed by atoms with van der Waals surface area (Å²) in [4.78, 5) is 80.1. The summed E-state index contributed by atoms with van der Waals surface area (Å²) >= 11 is 0. The third-order valence-electron chi connectivity index (χ3n) is 6.69. The number of nitrogens with one attached hydrogen (secondary N) is 3. The minimum atomic E-state index is -1.50. The first-order valence-corrected chi connectivity index (χ1v) is 14.2. The Bertz CT molecular complexity index is 1210. The van der Waals surface area contributed by atoms with E-state index in [-0.39, 0.29) is 50.8 Å². The van der Waals surface area contributed by atoms with Gasteiger partial charge in [0.2, 0.25) is 17.7 Å². The lowest BCUT2D eigenvalue weighted by Gasteiger charge is -2.28. The first-order valence-electron chi connectivity index (χ1n) is 14.2. The van der Waals surface area contributed by atoms with Gasteiger partial charge in [-0.25, -0.2) is 9.59 Å². The van der Waals surface area contributed by atoms with Gasteiger partial charge in [0, 0.05) is 13.1 Å². The second kappa shape index (κ2) is 17.3. The van der Waals surface area contributed by atoms with E-state index in [1.54, 1.807) is 38.1 Å². The summed E-state index contributed by atoms with van der Waals surface area (Å²) in [6, 6.07) is 3.83. The maximum absolute atomic E-state index is 13.3. The number of hydrogen-bond acceptors (Lipinski definition) is 8. The number of alkyl carbamates (subject to hydrolysis) is 1. The fourth-order valence-corrected chi connectivity index (χ4v) is 4.57. The van der Waals surface area contributed by atoms with Crippen LogP contribution in [0, 0.1) is 5.92 Å². The van der Waals surface area contributed by atoms with Crippen molar-refractivity contribution in [3.8, 4) is 0 Å². The summed E-state index contributed by atoms with van der Waals surface area (Å²) in [5, 5.41) is 26.3. The Balaban J connectivity index is 2.11. The van der Waals surface area contributed by atoms with Crippen LogP contribution < -0.4 is 27.4 Å². The highest BCUT2D eigenvalue weighted by Crippen LogP contribution is 2.19. The van der Waals surface area contributed by atoms with Gasteiger partial charge in [-0.2, -0.15) is 0 Å². The molecule has 0 aromatic heterocycles. The van der Waals surface area contributed by atoms with E-state index in [4.69, 9.17) is 16.2 Å². The number of carboxylic acids is 2. The highest BCUT2D eigenvalue weighted by Gasteiger charge is 2.42. The molecule has 1 aromatic carbocycles. The van der Waals surface area contributed by atoms with E-state index >= 15 is 0 Å². The molecule has 16 nitrogen and oxygen atoms in total. The number of guanidine groups is 1. The van der Waals surface area contributed by atoms with Gasteiger partial charge >= 0.3 is 18.0 Å². The van der Waals surface area contributed by atoms with Crippen LogP contribution in [0.15, 0.2) is 35.3 Å². The van der Waals surface area contributed by atoms with Gasteiger partial charge in [0.25, 0.3) is 0 Å². The SMILES string of the molecule is CC(C)C[C@H](NC(=O)[C@H](CC(=O)O)N1CC[C@H](NC(=O)[C@H](CCCN=C(N)N)NC(=O)OCc2ccccc2)C1=O)C(=O)O. The summed E-state index contributed by atoms with van der Waals surface area (Å²) in [5.41, 5.74) is 11.4. The van der Waals surface area contributed by atoms with E-state index in [2.05, 4.69) is 20.9 Å². The normalized spacial score (nSPS) is 16.4. The molecule has 1 heterocycles. The molecule has 2 rings (SSSR count). The van der Waals surface area contributed by atoms with Crippen molar-refractivity contribution in [3.05, 3.63) is 35.9 Å². The highest BCUT2D eigenvalue weighted by molar-refractivity contribution is 5.97. The van der Waals surface area contributed by atoms with Gasteiger partial charge in [-0.15, -0.1) is 0 Å². The van der Waals surface area contributed by atoms with Crippen LogP contribution in [0.2, 0.25) is 0 Å². The molecule has 0 bridgehead atoms. The molecule has 1 fully saturated rings. The molecular formula is C28H41N7O9. The molecule has 0 saturated carbocycles. The van der Waals surface area contributed by atoms with Crippen molar-refractivity contribution < 1.29 is 43.7 Å². The molecule has 1 saturated heterocycles. The van der Waals surface area contributed by atoms with Crippen LogP contribution in [-0.2, 0) is 35.3 Å². The molecule has 16 heteroatoms. The molecule has 9 N–H and O–H groups in total. The number of amides is 4. The summed E-state index contributed by atoms with van der Waals surface area (Å²) in [7, 11) is 0. The van der Waals surface area contributed by atoms with E-state index in [9.17, 15) is 39.0 Å². The number of rotatable bonds is 17. The summed E-state index contributed by atoms with van der Waals surface area (Å²) < 4.78 is 5.21. The molecule has 4 atom stereocenters. The standard InChI is InChI=1S/C28H41N7O9/c1-16(2)13-20(26(41)42)33-24(39)21(14-22(36)37)35-12-10-19(25(35)40)32-23(38)18(9-6-11-31-27(29)30)34-28(43)44-15-17-7-4-3-5-8-17/h3-5,7-8,16,18-21H,6,9-15H2,1-2H3,(H,32,38)(H,33,39)(H,34,43)(H,36,37)(H,41,42)(H4,29,30,31)/t18-,19-,20-,21-/m0/s1. The largest absolute Gasteiger partial charge is 0.481 e. The third kappa shape index (κ3) is 11.8. The monoisotopic (exact) mass is 619 g/mol. The second-order valence-electron chi connectivity index (χ2n) is 10.7. The molecule has 0 aliphatic carbocycles. The van der Waals surface area contributed by atoms with Gasteiger partial charge in [0.1, 0.15) is 30.8 Å². The van der Waals surface area contributed by atoms with Gasteiger partial charge in [-0.1, -0.05) is 44.2 Å². The van der Waals surface area contributed by atoms with Crippen LogP contribution in [0.3, 0.4) is 0 Å². The molecule has 4 amide bonds. The minimum Gasteiger partial charge on any atom is -0.481 e. The van der Waals surface area contributed by atoms with Crippen LogP contribution in [0.5, 0.6) is 0 Å². The number of ether oxygens (including phenoxy) is 1. The lowest BCUT2D eigenvalue weighted by molar-refractivity contribution is -0.147. The third-order valence-corrected chi connectivity index (χ3v) is 6.69. The summed E-state index contributed by atoms with van der Waals surface area (Å²) in [6.45, 7) is 3.58. The van der Waals surface area contributed by atoms with Crippen LogP contribution in [0.4, 0.5) is 4.79 Å². The lowest BCUT2D eigenvalue weighted by atomic mass is 10.0. The van der Waals surface area contributed by atoms with Gasteiger partial charge in [0.15, 0.2) is 5.96 Å². The number of likely N-dealkylation sites (tertiary alicyclic amines) is 1. The molecule has 0 unspecified atom stereocenters. The molecule has 0 spiro atoms. The van der Waals surface area contributed by atoms with Crippen molar-refractivity contribution in [2.24, 2.45) is 22.4 Å². The molecule has 1 aliphatic heterocycles. The molecule has 44 heavy (non-hydrogen) atoms. The van der Waals surface area contributed by atoms with Crippen molar-refractivity contribution in [1.82, 2.24) is 20.9 Å².